The summed E-state index contributed by atoms with van der Waals surface area (Å²) in [6, 6.07) is 8.85. The average molecular weight is 940 g/mol. The minimum absolute atomic E-state index is 0.814. The van der Waals surface area contributed by atoms with Crippen molar-refractivity contribution in [3.05, 3.63) is 171 Å². The minimum atomic E-state index is 0.814. The van der Waals surface area contributed by atoms with Gasteiger partial charge in [-0.05, 0) is 196 Å². The minimum Gasteiger partial charge on any atom is -0.388 e. The zero-order chi connectivity index (χ0) is 52.1. The molecule has 0 radical (unpaired) electrons. The largest absolute Gasteiger partial charge is 0.388 e. The third kappa shape index (κ3) is 19.2. The first kappa shape index (κ1) is 62.3. The maximum atomic E-state index is 5.49. The standard InChI is InChI=1S/C35H48N2.C14H21N.C14H29N.C2H4/c1-11-15-31-24(6)17-19-32(26(31)8)28(10)36-20-33-27(9)34-21-37(25(7)18-16-23(5)12-2)22-35(34)30(14-4)29(33)13-3;1-6-12-10(3)8-9-14(11(4)15-5)13(12)7-2;1-3-4-5-6-7-8-9-11-14(2)12-10-13-15;1-2/h17,19,36H,2,7,10-11,13-16,18,20-22H2,1,3-6,8-9H3;8-9,15H,4,6-7H2,1-3,5H3;5-6,14H,3-4,7-13,15H2,1-2H3;1-2H2/b;;6-5+;. The van der Waals surface area contributed by atoms with Gasteiger partial charge >= 0.3 is 0 Å². The molecule has 0 aliphatic carbocycles. The van der Waals surface area contributed by atoms with Crippen molar-refractivity contribution in [1.82, 2.24) is 15.5 Å². The van der Waals surface area contributed by atoms with E-state index in [1.807, 2.05) is 7.05 Å². The summed E-state index contributed by atoms with van der Waals surface area (Å²) in [5.41, 5.74) is 33.0. The molecule has 0 saturated carbocycles. The topological polar surface area (TPSA) is 53.3 Å². The Morgan fingerprint density at radius 3 is 1.83 bits per heavy atom. The van der Waals surface area contributed by atoms with Gasteiger partial charge in [0.25, 0.3) is 0 Å². The highest BCUT2D eigenvalue weighted by molar-refractivity contribution is 5.68. The molecule has 1 atom stereocenters. The van der Waals surface area contributed by atoms with Gasteiger partial charge in [0.15, 0.2) is 0 Å². The van der Waals surface area contributed by atoms with E-state index in [0.717, 1.165) is 94.9 Å². The van der Waals surface area contributed by atoms with E-state index in [-0.39, 0.29) is 0 Å². The zero-order valence-electron chi connectivity index (χ0n) is 47.0. The van der Waals surface area contributed by atoms with Gasteiger partial charge in [0.2, 0.25) is 0 Å². The number of nitrogens with one attached hydrogen (secondary N) is 2. The Morgan fingerprint density at radius 1 is 0.681 bits per heavy atom. The number of fused-ring (bicyclic) bond motifs is 1. The number of unbranched alkanes of at least 4 members (excludes halogenated alkanes) is 3. The molecule has 4 heteroatoms. The second-order valence-electron chi connectivity index (χ2n) is 19.1. The van der Waals surface area contributed by atoms with Crippen LogP contribution in [0, 0.1) is 33.6 Å². The summed E-state index contributed by atoms with van der Waals surface area (Å²) in [6.45, 7) is 53.3. The molecule has 1 heterocycles. The van der Waals surface area contributed by atoms with Crippen molar-refractivity contribution in [1.29, 1.82) is 0 Å². The van der Waals surface area contributed by atoms with E-state index in [2.05, 4.69) is 180 Å². The molecule has 4 nitrogen and oxygen atoms in total. The van der Waals surface area contributed by atoms with Crippen molar-refractivity contribution in [2.75, 3.05) is 13.6 Å². The van der Waals surface area contributed by atoms with E-state index in [1.54, 1.807) is 5.56 Å². The maximum absolute atomic E-state index is 5.49. The Morgan fingerprint density at radius 2 is 1.26 bits per heavy atom. The predicted octanol–water partition coefficient (Wildman–Crippen LogP) is 17.2. The van der Waals surface area contributed by atoms with Gasteiger partial charge in [0.05, 0.1) is 0 Å². The number of benzene rings is 3. The molecule has 3 aromatic rings. The monoisotopic (exact) mass is 939 g/mol. The van der Waals surface area contributed by atoms with Gasteiger partial charge < -0.3 is 21.3 Å². The van der Waals surface area contributed by atoms with Crippen LogP contribution in [0.25, 0.3) is 11.4 Å². The van der Waals surface area contributed by atoms with Crippen LogP contribution in [0.1, 0.15) is 204 Å². The summed E-state index contributed by atoms with van der Waals surface area (Å²) < 4.78 is 0. The van der Waals surface area contributed by atoms with Crippen molar-refractivity contribution in [2.24, 2.45) is 11.7 Å². The second-order valence-corrected chi connectivity index (χ2v) is 19.1. The lowest BCUT2D eigenvalue weighted by Crippen LogP contribution is -2.17. The lowest BCUT2D eigenvalue weighted by Gasteiger charge is -2.23. The highest BCUT2D eigenvalue weighted by Crippen LogP contribution is 2.38. The van der Waals surface area contributed by atoms with Crippen molar-refractivity contribution in [2.45, 2.75) is 205 Å². The molecule has 69 heavy (non-hydrogen) atoms. The summed E-state index contributed by atoms with van der Waals surface area (Å²) in [7, 11) is 1.92. The van der Waals surface area contributed by atoms with Crippen LogP contribution in [0.15, 0.2) is 92.9 Å². The van der Waals surface area contributed by atoms with Crippen LogP contribution in [-0.2, 0) is 51.7 Å². The van der Waals surface area contributed by atoms with Gasteiger partial charge in [-0.15, -0.1) is 18.9 Å². The van der Waals surface area contributed by atoms with Crippen LogP contribution < -0.4 is 16.4 Å². The number of hydrogen-bond acceptors (Lipinski definition) is 4. The molecular formula is C65H102N4. The van der Waals surface area contributed by atoms with Gasteiger partial charge in [0, 0.05) is 54.9 Å². The normalized spacial score (nSPS) is 11.8. The highest BCUT2D eigenvalue weighted by atomic mass is 15.1. The van der Waals surface area contributed by atoms with Gasteiger partial charge in [-0.25, -0.2) is 0 Å². The molecule has 382 valence electrons. The molecule has 0 amide bonds. The van der Waals surface area contributed by atoms with E-state index in [1.165, 1.54) is 135 Å². The van der Waals surface area contributed by atoms with Crippen LogP contribution in [-0.4, -0.2) is 18.5 Å². The number of hydrogen-bond donors (Lipinski definition) is 3. The molecule has 3 aromatic carbocycles. The molecule has 4 rings (SSSR count). The number of allylic oxidation sites excluding steroid dienone is 4. The number of nitrogens with two attached hydrogens (primary N) is 1. The van der Waals surface area contributed by atoms with Gasteiger partial charge in [-0.2, -0.15) is 0 Å². The van der Waals surface area contributed by atoms with Crippen LogP contribution >= 0.6 is 0 Å². The van der Waals surface area contributed by atoms with Crippen molar-refractivity contribution >= 4 is 11.4 Å². The van der Waals surface area contributed by atoms with E-state index in [0.29, 0.717) is 0 Å². The van der Waals surface area contributed by atoms with Crippen LogP contribution in [0.4, 0.5) is 0 Å². The molecule has 1 aliphatic heterocycles. The fourth-order valence-electron chi connectivity index (χ4n) is 9.95. The third-order valence-corrected chi connectivity index (χ3v) is 14.3. The molecule has 1 unspecified atom stereocenters. The molecule has 1 aliphatic rings. The highest BCUT2D eigenvalue weighted by Gasteiger charge is 2.28. The molecule has 0 spiro atoms. The van der Waals surface area contributed by atoms with Crippen LogP contribution in [0.5, 0.6) is 0 Å². The summed E-state index contributed by atoms with van der Waals surface area (Å²) in [6.07, 6.45) is 23.6. The van der Waals surface area contributed by atoms with Crippen molar-refractivity contribution < 1.29 is 0 Å². The smallest absolute Gasteiger partial charge is 0.0436 e. The Labute approximate surface area is 426 Å². The Balaban J connectivity index is 0.000000611. The van der Waals surface area contributed by atoms with E-state index in [9.17, 15) is 0 Å². The van der Waals surface area contributed by atoms with Crippen LogP contribution in [0.3, 0.4) is 0 Å². The Hall–Kier alpha value is -4.76. The fraction of sp³-hybridized carbons (Fsp3) is 0.523. The quantitative estimate of drug-likeness (QED) is 0.0426. The van der Waals surface area contributed by atoms with E-state index < -0.39 is 0 Å². The molecule has 0 bridgehead atoms. The summed E-state index contributed by atoms with van der Waals surface area (Å²) in [5, 5.41) is 6.87. The summed E-state index contributed by atoms with van der Waals surface area (Å²) in [5.74, 6) is 0.869. The lowest BCUT2D eigenvalue weighted by atomic mass is 9.86. The first-order valence-corrected chi connectivity index (χ1v) is 26.9. The maximum Gasteiger partial charge on any atom is 0.0436 e. The number of aryl methyl sites for hydroxylation is 2. The van der Waals surface area contributed by atoms with E-state index in [4.69, 9.17) is 5.73 Å². The Kier molecular flexibility index (Phi) is 31.1. The molecule has 0 aromatic heterocycles. The second kappa shape index (κ2) is 34.5. The van der Waals surface area contributed by atoms with Gasteiger partial charge in [-0.1, -0.05) is 137 Å². The predicted molar refractivity (Wildman–Crippen MR) is 311 cm³/mol. The number of nitrogens with zero attached hydrogens (tertiary/aromatic N) is 1. The fourth-order valence-corrected chi connectivity index (χ4v) is 9.95. The van der Waals surface area contributed by atoms with Gasteiger partial charge in [-0.3, -0.25) is 0 Å². The lowest BCUT2D eigenvalue weighted by molar-refractivity contribution is 0.349. The SMILES string of the molecule is C=C.C=C(NC)c1ccc(C)c(CC)c1CC.C=C=C(C)CCC(=C)N1Cc2c(C)c(CNC(=C)c3ccc(C)c(CCC)c3C)c(CC)c(CC)c2C1.CCC/C=C/CCCCC(C)CCCN. The van der Waals surface area contributed by atoms with Crippen LogP contribution in [0.2, 0.25) is 0 Å². The first-order valence-electron chi connectivity index (χ1n) is 26.9. The molecule has 4 N–H and O–H groups in total. The summed E-state index contributed by atoms with van der Waals surface area (Å²) in [4.78, 5) is 2.48. The summed E-state index contributed by atoms with van der Waals surface area (Å²) >= 11 is 0. The van der Waals surface area contributed by atoms with Crippen molar-refractivity contribution in [3.8, 4) is 0 Å². The molecular weight excluding hydrogens is 837 g/mol. The van der Waals surface area contributed by atoms with E-state index >= 15 is 0 Å². The third-order valence-electron chi connectivity index (χ3n) is 14.3. The molecule has 0 saturated heterocycles. The average Bonchev–Trinajstić information content (AvgIpc) is 3.82. The first-order chi connectivity index (χ1) is 33.1. The van der Waals surface area contributed by atoms with Crippen molar-refractivity contribution in [3.63, 3.8) is 0 Å². The van der Waals surface area contributed by atoms with Gasteiger partial charge in [0.1, 0.15) is 0 Å². The number of rotatable bonds is 26. The Bertz CT molecular complexity index is 2140. The zero-order valence-corrected chi connectivity index (χ0v) is 47.0. The molecule has 0 fully saturated rings.